The van der Waals surface area contributed by atoms with Crippen molar-refractivity contribution in [2.45, 2.75) is 221 Å². The van der Waals surface area contributed by atoms with Crippen LogP contribution in [-0.2, 0) is 14.2 Å². The van der Waals surface area contributed by atoms with Crippen molar-refractivity contribution in [2.75, 3.05) is 46.6 Å². The van der Waals surface area contributed by atoms with E-state index in [2.05, 4.69) is 41.5 Å². The lowest BCUT2D eigenvalue weighted by Gasteiger charge is -2.29. The Kier molecular flexibility index (Phi) is 33.7. The third-order valence-electron chi connectivity index (χ3n) is 9.93. The zero-order chi connectivity index (χ0) is 36.3. The molecule has 0 aliphatic heterocycles. The average molecular weight is 696 g/mol. The Bertz CT molecular complexity index is 662. The normalized spacial score (nSPS) is 12.1. The highest BCUT2D eigenvalue weighted by molar-refractivity contribution is 5.67. The summed E-state index contributed by atoms with van der Waals surface area (Å²) >= 11 is 0. The van der Waals surface area contributed by atoms with Gasteiger partial charge in [-0.15, -0.1) is 0 Å². The van der Waals surface area contributed by atoms with Crippen molar-refractivity contribution >= 4 is 6.09 Å². The Morgan fingerprint density at radius 2 is 0.714 bits per heavy atom. The number of ether oxygens (including phenoxy) is 3. The molecule has 0 radical (unpaired) electrons. The van der Waals surface area contributed by atoms with E-state index in [9.17, 15) is 4.79 Å². The van der Waals surface area contributed by atoms with E-state index >= 15 is 0 Å². The van der Waals surface area contributed by atoms with E-state index in [1.807, 2.05) is 4.90 Å². The summed E-state index contributed by atoms with van der Waals surface area (Å²) in [5.74, 6) is 0. The van der Waals surface area contributed by atoms with Crippen LogP contribution in [0.1, 0.15) is 221 Å². The van der Waals surface area contributed by atoms with Gasteiger partial charge < -0.3 is 19.1 Å². The second-order valence-corrected chi connectivity index (χ2v) is 17.0. The number of unbranched alkanes of at least 4 members (excludes halogenated alkanes) is 26. The van der Waals surface area contributed by atoms with Gasteiger partial charge in [0.15, 0.2) is 0 Å². The van der Waals surface area contributed by atoms with E-state index < -0.39 is 0 Å². The molecule has 0 aliphatic rings. The van der Waals surface area contributed by atoms with Crippen molar-refractivity contribution in [3.63, 3.8) is 0 Å². The van der Waals surface area contributed by atoms with Gasteiger partial charge in [0.1, 0.15) is 6.61 Å². The smallest absolute Gasteiger partial charge is 0.409 e. The average Bonchev–Trinajstić information content (AvgIpc) is 3.06. The molecule has 0 bridgehead atoms. The Labute approximate surface area is 308 Å². The first-order valence-corrected chi connectivity index (χ1v) is 21.7. The highest BCUT2D eigenvalue weighted by Crippen LogP contribution is 2.21. The zero-order valence-electron chi connectivity index (χ0n) is 34.6. The second-order valence-electron chi connectivity index (χ2n) is 17.0. The monoisotopic (exact) mass is 696 g/mol. The van der Waals surface area contributed by atoms with Crippen LogP contribution in [0.2, 0.25) is 0 Å². The molecule has 0 aromatic rings. The Balaban J connectivity index is 4.37. The first-order valence-electron chi connectivity index (χ1n) is 21.7. The van der Waals surface area contributed by atoms with Crippen LogP contribution in [0.15, 0.2) is 0 Å². The van der Waals surface area contributed by atoms with Gasteiger partial charge in [-0.05, 0) is 12.8 Å². The van der Waals surface area contributed by atoms with Crippen LogP contribution < -0.4 is 0 Å². The molecule has 0 spiro atoms. The van der Waals surface area contributed by atoms with Gasteiger partial charge in [-0.1, -0.05) is 208 Å². The van der Waals surface area contributed by atoms with Crippen molar-refractivity contribution < 1.29 is 19.0 Å². The van der Waals surface area contributed by atoms with Crippen LogP contribution in [0.4, 0.5) is 4.79 Å². The fourth-order valence-corrected chi connectivity index (χ4v) is 6.71. The first-order chi connectivity index (χ1) is 23.7. The number of nitrogens with zero attached hydrogens (tertiary/aromatic N) is 1. The molecule has 0 atom stereocenters. The summed E-state index contributed by atoms with van der Waals surface area (Å²) in [5.41, 5.74) is -0.256. The molecule has 0 N–H and O–H groups in total. The van der Waals surface area contributed by atoms with Crippen molar-refractivity contribution in [3.8, 4) is 0 Å². The van der Waals surface area contributed by atoms with Crippen molar-refractivity contribution in [1.82, 2.24) is 4.90 Å². The number of methoxy groups -OCH3 is 1. The van der Waals surface area contributed by atoms with E-state index in [4.69, 9.17) is 14.2 Å². The predicted octanol–water partition coefficient (Wildman–Crippen LogP) is 14.1. The lowest BCUT2D eigenvalue weighted by molar-refractivity contribution is -0.0326. The SMILES string of the molecule is CCCCCCCCCCCCCCCCN(CCCCCCCCCCCCCCCC)C(=O)OCC(C)(C)COCC(C)(C)COC. The number of carbonyl (C=O) groups excluding carboxylic acids is 1. The van der Waals surface area contributed by atoms with Gasteiger partial charge in [-0.3, -0.25) is 0 Å². The van der Waals surface area contributed by atoms with Gasteiger partial charge >= 0.3 is 6.09 Å². The molecule has 0 heterocycles. The highest BCUT2D eigenvalue weighted by atomic mass is 16.6. The van der Waals surface area contributed by atoms with Crippen LogP contribution in [-0.4, -0.2) is 57.6 Å². The highest BCUT2D eigenvalue weighted by Gasteiger charge is 2.25. The fraction of sp³-hybridized carbons (Fsp3) is 0.977. The molecule has 49 heavy (non-hydrogen) atoms. The van der Waals surface area contributed by atoms with Gasteiger partial charge in [0.25, 0.3) is 0 Å². The largest absolute Gasteiger partial charge is 0.449 e. The number of hydrogen-bond donors (Lipinski definition) is 0. The number of carbonyl (C=O) groups is 1. The van der Waals surface area contributed by atoms with Crippen molar-refractivity contribution in [1.29, 1.82) is 0 Å². The first kappa shape index (κ1) is 48.2. The molecule has 0 aromatic heterocycles. The molecule has 0 saturated heterocycles. The van der Waals surface area contributed by atoms with Gasteiger partial charge in [-0.25, -0.2) is 4.79 Å². The minimum absolute atomic E-state index is 0.0284. The molecule has 0 aliphatic carbocycles. The molecule has 0 fully saturated rings. The van der Waals surface area contributed by atoms with E-state index in [1.165, 1.54) is 167 Å². The Hall–Kier alpha value is -0.810. The molecule has 5 heteroatoms. The molecule has 0 rings (SSSR count). The van der Waals surface area contributed by atoms with Crippen LogP contribution in [0.3, 0.4) is 0 Å². The number of amides is 1. The van der Waals surface area contributed by atoms with Crippen LogP contribution in [0, 0.1) is 10.8 Å². The quantitative estimate of drug-likeness (QED) is 0.0603. The third-order valence-corrected chi connectivity index (χ3v) is 9.93. The van der Waals surface area contributed by atoms with E-state index in [1.54, 1.807) is 7.11 Å². The molecular weight excluding hydrogens is 606 g/mol. The topological polar surface area (TPSA) is 48.0 Å². The molecule has 0 saturated carbocycles. The summed E-state index contributed by atoms with van der Waals surface area (Å²) in [5, 5.41) is 0. The van der Waals surface area contributed by atoms with Gasteiger partial charge in [0.05, 0.1) is 19.8 Å². The predicted molar refractivity (Wildman–Crippen MR) is 214 cm³/mol. The maximum absolute atomic E-state index is 13.3. The second kappa shape index (κ2) is 34.3. The van der Waals surface area contributed by atoms with E-state index in [0.29, 0.717) is 26.4 Å². The van der Waals surface area contributed by atoms with E-state index in [-0.39, 0.29) is 16.9 Å². The van der Waals surface area contributed by atoms with Crippen LogP contribution >= 0.6 is 0 Å². The summed E-state index contributed by atoms with van der Waals surface area (Å²) < 4.78 is 17.3. The zero-order valence-corrected chi connectivity index (χ0v) is 34.6. The van der Waals surface area contributed by atoms with E-state index in [0.717, 1.165) is 25.9 Å². The van der Waals surface area contributed by atoms with Crippen LogP contribution in [0.5, 0.6) is 0 Å². The van der Waals surface area contributed by atoms with Gasteiger partial charge in [0, 0.05) is 31.0 Å². The number of hydrogen-bond acceptors (Lipinski definition) is 4. The summed E-state index contributed by atoms with van der Waals surface area (Å²) in [6.07, 6.45) is 37.6. The van der Waals surface area contributed by atoms with Crippen LogP contribution in [0.25, 0.3) is 0 Å². The Morgan fingerprint density at radius 1 is 0.429 bits per heavy atom. The molecule has 0 unspecified atom stereocenters. The summed E-state index contributed by atoms with van der Waals surface area (Å²) in [7, 11) is 1.73. The minimum atomic E-state index is -0.228. The maximum atomic E-state index is 13.3. The Morgan fingerprint density at radius 3 is 1.02 bits per heavy atom. The lowest BCUT2D eigenvalue weighted by Crippen LogP contribution is -2.37. The molecular formula is C44H89NO4. The van der Waals surface area contributed by atoms with Crippen molar-refractivity contribution in [2.24, 2.45) is 10.8 Å². The summed E-state index contributed by atoms with van der Waals surface area (Å²) in [6.45, 7) is 17.0. The molecule has 5 nitrogen and oxygen atoms in total. The summed E-state index contributed by atoms with van der Waals surface area (Å²) in [6, 6.07) is 0. The fourth-order valence-electron chi connectivity index (χ4n) is 6.71. The van der Waals surface area contributed by atoms with Gasteiger partial charge in [0.2, 0.25) is 0 Å². The maximum Gasteiger partial charge on any atom is 0.409 e. The molecule has 294 valence electrons. The molecule has 0 aromatic carbocycles. The lowest BCUT2D eigenvalue weighted by atomic mass is 9.94. The number of rotatable bonds is 38. The standard InChI is InChI=1S/C44H89NO4/c1-8-10-12-14-16-18-20-22-24-26-28-30-32-34-36-45(37-35-33-31-29-27-25-23-21-19-17-15-13-11-9-2)42(46)49-41-44(5,6)40-48-39-43(3,4)38-47-7/h8-41H2,1-7H3. The minimum Gasteiger partial charge on any atom is -0.449 e. The third kappa shape index (κ3) is 34.1. The van der Waals surface area contributed by atoms with Crippen molar-refractivity contribution in [3.05, 3.63) is 0 Å². The summed E-state index contributed by atoms with van der Waals surface area (Å²) in [4.78, 5) is 15.3. The van der Waals surface area contributed by atoms with Gasteiger partial charge in [-0.2, -0.15) is 0 Å². The molecule has 1 amide bonds.